The van der Waals surface area contributed by atoms with Crippen molar-refractivity contribution in [3.63, 3.8) is 0 Å². The van der Waals surface area contributed by atoms with Crippen LogP contribution in [0.2, 0.25) is 0 Å². The smallest absolute Gasteiger partial charge is 0.387 e. The van der Waals surface area contributed by atoms with Gasteiger partial charge in [0, 0.05) is 6.61 Å². The first-order valence-electron chi connectivity index (χ1n) is 20.5. The van der Waals surface area contributed by atoms with Crippen molar-refractivity contribution in [1.29, 1.82) is 5.26 Å². The monoisotopic (exact) mass is 801 g/mol. The number of aliphatic hydroxyl groups excluding tert-OH is 2. The fourth-order valence-electron chi connectivity index (χ4n) is 6.97. The summed E-state index contributed by atoms with van der Waals surface area (Å²) in [6, 6.07) is 14.5. The number of nitrogens with two attached hydrogens (primary N) is 1. The molecule has 4 rings (SSSR count). The molecule has 2 aromatic heterocycles. The zero-order valence-electron chi connectivity index (χ0n) is 33.3. The largest absolute Gasteiger partial charge is 0.472 e. The molecule has 14 nitrogen and oxygen atoms in total. The third kappa shape index (κ3) is 13.9. The molecule has 1 aliphatic heterocycles. The van der Waals surface area contributed by atoms with Crippen molar-refractivity contribution in [3.8, 4) is 6.07 Å². The van der Waals surface area contributed by atoms with Crippen LogP contribution in [0.5, 0.6) is 0 Å². The maximum atomic E-state index is 13.1. The lowest BCUT2D eigenvalue weighted by atomic mass is 9.92. The molecule has 3 aromatic rings. The van der Waals surface area contributed by atoms with E-state index in [0.29, 0.717) is 12.1 Å². The molecule has 0 aliphatic carbocycles. The Kier molecular flexibility index (Phi) is 19.1. The van der Waals surface area contributed by atoms with E-state index in [1.807, 2.05) is 36.4 Å². The molecule has 312 valence electrons. The van der Waals surface area contributed by atoms with Crippen molar-refractivity contribution >= 4 is 19.2 Å². The van der Waals surface area contributed by atoms with Gasteiger partial charge in [-0.3, -0.25) is 9.05 Å². The average Bonchev–Trinajstić information content (AvgIpc) is 3.75. The minimum absolute atomic E-state index is 0.0903. The first-order valence-corrected chi connectivity index (χ1v) is 21.9. The minimum Gasteiger partial charge on any atom is -0.387 e. The maximum absolute atomic E-state index is 13.1. The number of nitriles is 1. The molecule has 0 saturated carbocycles. The Bertz CT molecular complexity index is 1660. The molecular formula is C41H64N5O9P. The van der Waals surface area contributed by atoms with Gasteiger partial charge >= 0.3 is 7.82 Å². The summed E-state index contributed by atoms with van der Waals surface area (Å²) in [7, 11) is -4.75. The molecule has 15 heteroatoms. The highest BCUT2D eigenvalue weighted by Crippen LogP contribution is 2.47. The normalized spacial score (nSPS) is 21.9. The Morgan fingerprint density at radius 3 is 2.12 bits per heavy atom. The molecule has 5 N–H and O–H groups in total. The number of nitrogens with zero attached hydrogens (tertiary/aromatic N) is 4. The van der Waals surface area contributed by atoms with Crippen molar-refractivity contribution in [3.05, 3.63) is 60.0 Å². The molecule has 1 saturated heterocycles. The molecule has 6 atom stereocenters. The molecule has 3 heterocycles. The van der Waals surface area contributed by atoms with Crippen LogP contribution in [0.3, 0.4) is 0 Å². The van der Waals surface area contributed by atoms with Gasteiger partial charge in [-0.1, -0.05) is 134 Å². The number of aromatic nitrogens is 3. The topological polar surface area (TPSA) is 204 Å². The van der Waals surface area contributed by atoms with Gasteiger partial charge in [-0.05, 0) is 31.0 Å². The number of fused-ring (bicyclic) bond motifs is 1. The zero-order valence-corrected chi connectivity index (χ0v) is 34.2. The number of hydrogen-bond donors (Lipinski definition) is 4. The van der Waals surface area contributed by atoms with E-state index in [-0.39, 0.29) is 31.3 Å². The van der Waals surface area contributed by atoms with Crippen LogP contribution in [0, 0.1) is 11.3 Å². The van der Waals surface area contributed by atoms with Gasteiger partial charge in [0.05, 0.1) is 32.1 Å². The lowest BCUT2D eigenvalue weighted by Crippen LogP contribution is -2.41. The van der Waals surface area contributed by atoms with Gasteiger partial charge in [0.15, 0.2) is 5.82 Å². The van der Waals surface area contributed by atoms with Crippen molar-refractivity contribution in [2.75, 3.05) is 32.2 Å². The van der Waals surface area contributed by atoms with Crippen LogP contribution >= 0.6 is 7.82 Å². The second-order valence-electron chi connectivity index (χ2n) is 15.2. The number of anilines is 1. The molecule has 0 radical (unpaired) electrons. The summed E-state index contributed by atoms with van der Waals surface area (Å²) in [5, 5.41) is 36.1. The van der Waals surface area contributed by atoms with Gasteiger partial charge < -0.3 is 35.1 Å². The summed E-state index contributed by atoms with van der Waals surface area (Å²) in [6.07, 6.45) is 17.0. The third-order valence-electron chi connectivity index (χ3n) is 10.4. The number of ether oxygens (including phenoxy) is 3. The highest BCUT2D eigenvalue weighted by atomic mass is 31.2. The van der Waals surface area contributed by atoms with Crippen molar-refractivity contribution < 1.29 is 42.9 Å². The quantitative estimate of drug-likeness (QED) is 0.0396. The Hall–Kier alpha value is -2.96. The summed E-state index contributed by atoms with van der Waals surface area (Å²) in [5.74, 6) is 0.135. The number of rotatable bonds is 29. The summed E-state index contributed by atoms with van der Waals surface area (Å²) >= 11 is 0. The lowest BCUT2D eigenvalue weighted by molar-refractivity contribution is -0.120. The van der Waals surface area contributed by atoms with Crippen LogP contribution in [0.15, 0.2) is 48.8 Å². The van der Waals surface area contributed by atoms with E-state index in [1.54, 1.807) is 13.0 Å². The fourth-order valence-corrected chi connectivity index (χ4v) is 7.82. The molecule has 1 unspecified atom stereocenters. The second-order valence-corrected chi connectivity index (χ2v) is 16.7. The highest BCUT2D eigenvalue weighted by Gasteiger charge is 2.58. The van der Waals surface area contributed by atoms with Crippen LogP contribution in [-0.2, 0) is 40.0 Å². The van der Waals surface area contributed by atoms with Crippen LogP contribution in [0.1, 0.15) is 128 Å². The molecule has 0 amide bonds. The predicted octanol–water partition coefficient (Wildman–Crippen LogP) is 7.54. The number of hydrogen-bond acceptors (Lipinski definition) is 12. The van der Waals surface area contributed by atoms with Gasteiger partial charge in [0.1, 0.15) is 41.8 Å². The molecular weight excluding hydrogens is 737 g/mol. The number of unbranched alkanes of at least 4 members (excludes halogenated alkanes) is 15. The second kappa shape index (κ2) is 23.4. The Morgan fingerprint density at radius 2 is 1.52 bits per heavy atom. The van der Waals surface area contributed by atoms with Gasteiger partial charge in [0.25, 0.3) is 0 Å². The van der Waals surface area contributed by atoms with Crippen LogP contribution in [0.4, 0.5) is 5.82 Å². The van der Waals surface area contributed by atoms with Crippen molar-refractivity contribution in [1.82, 2.24) is 14.6 Å². The first-order chi connectivity index (χ1) is 27.0. The third-order valence-corrected chi connectivity index (χ3v) is 11.3. The standard InChI is InChI=1S/C41H64N5O9P/c1-3-4-5-6-7-8-9-10-11-12-13-14-15-16-17-21-26-51-30-40(2,52-27-33-22-19-18-20-23-33)31-54-56(49,50)53-28-35-37(47)38(48)41(29-42,55-35)36-25-24-34-39(43)44-32-45-46(34)36/h18-20,22-25,32,35,37-38,47-48H,3-17,21,26-28,30-31H2,1-2H3,(H,49,50)(H2,43,44,45)/t35-,37-,38-,40-,41+/m1/s1. The Morgan fingerprint density at radius 1 is 0.911 bits per heavy atom. The van der Waals surface area contributed by atoms with Gasteiger partial charge in [-0.25, -0.2) is 14.1 Å². The number of nitrogen functional groups attached to an aromatic ring is 1. The molecule has 1 fully saturated rings. The molecule has 56 heavy (non-hydrogen) atoms. The van der Waals surface area contributed by atoms with Crippen molar-refractivity contribution in [2.45, 2.75) is 153 Å². The molecule has 0 bridgehead atoms. The number of aliphatic hydroxyl groups is 2. The maximum Gasteiger partial charge on any atom is 0.472 e. The minimum atomic E-state index is -4.75. The van der Waals surface area contributed by atoms with Gasteiger partial charge in [-0.15, -0.1) is 0 Å². The fraction of sp³-hybridized carbons (Fsp3) is 0.683. The van der Waals surface area contributed by atoms with E-state index in [4.69, 9.17) is 29.0 Å². The van der Waals surface area contributed by atoms with Gasteiger partial charge in [0.2, 0.25) is 5.60 Å². The van der Waals surface area contributed by atoms with Crippen LogP contribution in [0.25, 0.3) is 5.52 Å². The SMILES string of the molecule is CCCCCCCCCCCCCCCCCCOC[C@](C)(COP(=O)(O)OC[C@H]1O[C@@](C#N)(c2ccc3c(N)ncnn23)[C@H](O)[C@@H]1O)OCc1ccccc1. The summed E-state index contributed by atoms with van der Waals surface area (Å²) in [6.45, 7) is 3.84. The van der Waals surface area contributed by atoms with Crippen LogP contribution < -0.4 is 5.73 Å². The summed E-state index contributed by atoms with van der Waals surface area (Å²) in [5.41, 5.74) is 4.09. The van der Waals surface area contributed by atoms with E-state index in [1.165, 1.54) is 100 Å². The van der Waals surface area contributed by atoms with E-state index < -0.39 is 43.9 Å². The van der Waals surface area contributed by atoms with E-state index in [9.17, 15) is 24.9 Å². The van der Waals surface area contributed by atoms with Crippen LogP contribution in [-0.4, -0.2) is 80.0 Å². The number of benzene rings is 1. The highest BCUT2D eigenvalue weighted by molar-refractivity contribution is 7.47. The Balaban J connectivity index is 1.18. The number of phosphoric acid groups is 1. The summed E-state index contributed by atoms with van der Waals surface area (Å²) < 4.78 is 43.1. The van der Waals surface area contributed by atoms with Gasteiger partial charge in [-0.2, -0.15) is 10.4 Å². The Labute approximate surface area is 332 Å². The predicted molar refractivity (Wildman–Crippen MR) is 213 cm³/mol. The average molecular weight is 802 g/mol. The first kappa shape index (κ1) is 45.7. The molecule has 1 aromatic carbocycles. The van der Waals surface area contributed by atoms with Crippen molar-refractivity contribution in [2.24, 2.45) is 0 Å². The number of phosphoric ester groups is 1. The zero-order chi connectivity index (χ0) is 40.3. The van der Waals surface area contributed by atoms with E-state index >= 15 is 0 Å². The molecule has 0 spiro atoms. The molecule has 1 aliphatic rings. The lowest BCUT2D eigenvalue weighted by Gasteiger charge is -2.30. The summed E-state index contributed by atoms with van der Waals surface area (Å²) in [4.78, 5) is 14.6. The van der Waals surface area contributed by atoms with E-state index in [2.05, 4.69) is 17.0 Å². The van der Waals surface area contributed by atoms with E-state index in [0.717, 1.165) is 24.8 Å².